The molecule has 32 heteroatoms. The van der Waals surface area contributed by atoms with Crippen LogP contribution in [0.5, 0.6) is 5.75 Å². The lowest BCUT2D eigenvalue weighted by Crippen LogP contribution is -2.50. The molecule has 2 aliphatic rings. The van der Waals surface area contributed by atoms with E-state index in [4.69, 9.17) is 45.9 Å². The molecule has 476 valence electrons. The van der Waals surface area contributed by atoms with Gasteiger partial charge in [0.1, 0.15) is 87.7 Å². The monoisotopic (exact) mass is 1360 g/mol. The highest BCUT2D eigenvalue weighted by atomic mass is 32.1. The number of aliphatic hydroxyl groups excluding tert-OH is 1. The van der Waals surface area contributed by atoms with Gasteiger partial charge in [0.2, 0.25) is 11.8 Å². The Kier molecular flexibility index (Phi) is 19.9. The first-order valence-corrected chi connectivity index (χ1v) is 33.7. The Hall–Kier alpha value is -8.86. The normalized spacial score (nSPS) is 19.0. The number of phenols is 1. The van der Waals surface area contributed by atoms with E-state index in [0.29, 0.717) is 77.5 Å². The topological polar surface area (TPSA) is 375 Å². The van der Waals surface area contributed by atoms with Gasteiger partial charge in [-0.1, -0.05) is 49.4 Å². The number of nitrogens with two attached hydrogens (primary N) is 2. The summed E-state index contributed by atoms with van der Waals surface area (Å²) >= 11 is 6.81. The number of aromatic hydroxyl groups is 1. The van der Waals surface area contributed by atoms with E-state index in [1.165, 1.54) is 55.8 Å². The zero-order chi connectivity index (χ0) is 64.9. The van der Waals surface area contributed by atoms with Gasteiger partial charge in [-0.25, -0.2) is 39.7 Å². The molecule has 2 aromatic carbocycles. The van der Waals surface area contributed by atoms with Crippen molar-refractivity contribution in [3.63, 3.8) is 0 Å². The molecule has 0 unspecified atom stereocenters. The first-order valence-electron chi connectivity index (χ1n) is 28.5. The molecule has 1 fully saturated rings. The van der Waals surface area contributed by atoms with Crippen LogP contribution in [0.25, 0.3) is 43.4 Å². The minimum Gasteiger partial charge on any atom is -0.508 e. The molecule has 9 heterocycles. The Bertz CT molecular complexity index is 4200. The van der Waals surface area contributed by atoms with Crippen molar-refractivity contribution >= 4 is 110 Å². The number of phenolic OH excluding ortho intramolecular Hbond substituents is 1. The van der Waals surface area contributed by atoms with E-state index in [1.807, 2.05) is 25.9 Å². The number of ether oxygens (including phenoxy) is 2. The lowest BCUT2D eigenvalue weighted by Gasteiger charge is -2.29. The highest BCUT2D eigenvalue weighted by Gasteiger charge is 2.46. The number of aliphatic hydroxyl groups is 1. The van der Waals surface area contributed by atoms with Gasteiger partial charge >= 0.3 is 6.09 Å². The van der Waals surface area contributed by atoms with Crippen molar-refractivity contribution < 1.29 is 53.2 Å². The maximum absolute atomic E-state index is 15.3. The van der Waals surface area contributed by atoms with Crippen LogP contribution in [0.1, 0.15) is 111 Å². The third kappa shape index (κ3) is 14.7. The molecular formula is C60H59N15O11S6. The summed E-state index contributed by atoms with van der Waals surface area (Å²) in [7, 11) is 3.81. The summed E-state index contributed by atoms with van der Waals surface area (Å²) in [6.45, 7) is 4.62. The van der Waals surface area contributed by atoms with E-state index in [9.17, 15) is 39.0 Å². The summed E-state index contributed by atoms with van der Waals surface area (Å²) in [4.78, 5) is 136. The Labute approximate surface area is 549 Å². The van der Waals surface area contributed by atoms with Crippen molar-refractivity contribution in [1.29, 1.82) is 0 Å². The fourth-order valence-corrected chi connectivity index (χ4v) is 15.5. The molecular weight excluding hydrogens is 1300 g/mol. The van der Waals surface area contributed by atoms with Crippen LogP contribution < -0.4 is 32.7 Å². The van der Waals surface area contributed by atoms with Crippen LogP contribution >= 0.6 is 68.0 Å². The van der Waals surface area contributed by atoms with Crippen LogP contribution in [-0.4, -0.2) is 156 Å². The quantitative estimate of drug-likeness (QED) is 0.0495. The minimum absolute atomic E-state index is 0.0179. The van der Waals surface area contributed by atoms with Crippen LogP contribution in [-0.2, 0) is 25.5 Å². The Morgan fingerprint density at radius 1 is 0.707 bits per heavy atom. The first kappa shape index (κ1) is 64.7. The average Bonchev–Trinajstić information content (AvgIpc) is 1.61. The van der Waals surface area contributed by atoms with Crippen LogP contribution in [0.2, 0.25) is 0 Å². The van der Waals surface area contributed by atoms with Crippen molar-refractivity contribution in [2.24, 2.45) is 17.4 Å². The summed E-state index contributed by atoms with van der Waals surface area (Å²) in [6.07, 6.45) is -3.68. The average molecular weight is 1360 g/mol. The molecule has 0 radical (unpaired) electrons. The van der Waals surface area contributed by atoms with E-state index in [-0.39, 0.29) is 64.7 Å². The van der Waals surface area contributed by atoms with Crippen LogP contribution in [0.4, 0.5) is 4.79 Å². The van der Waals surface area contributed by atoms with E-state index in [2.05, 4.69) is 31.2 Å². The van der Waals surface area contributed by atoms with Gasteiger partial charge in [0.25, 0.3) is 23.6 Å². The highest BCUT2D eigenvalue weighted by molar-refractivity contribution is 7.15. The molecule has 11 rings (SSSR count). The maximum Gasteiger partial charge on any atom is 0.407 e. The second kappa shape index (κ2) is 28.3. The van der Waals surface area contributed by atoms with E-state index in [0.717, 1.165) is 45.3 Å². The number of likely N-dealkylation sites (N-methyl/N-ethyl adjacent to an activating group) is 1. The molecule has 0 saturated carbocycles. The lowest BCUT2D eigenvalue weighted by atomic mass is 10.00. The van der Waals surface area contributed by atoms with E-state index < -0.39 is 90.3 Å². The third-order valence-electron chi connectivity index (χ3n) is 14.9. The summed E-state index contributed by atoms with van der Waals surface area (Å²) in [6, 6.07) is 13.6. The number of aromatic nitrogens is 7. The number of thiazole rings is 6. The van der Waals surface area contributed by atoms with Crippen molar-refractivity contribution in [2.75, 3.05) is 46.9 Å². The predicted octanol–water partition coefficient (Wildman–Crippen LogP) is 6.70. The van der Waals surface area contributed by atoms with Gasteiger partial charge in [0.15, 0.2) is 6.10 Å². The summed E-state index contributed by atoms with van der Waals surface area (Å²) in [5, 5.41) is 43.2. The number of pyridine rings is 1. The number of aryl methyl sites for hydroxylation is 1. The molecule has 10 bridgehead atoms. The highest BCUT2D eigenvalue weighted by Crippen LogP contribution is 2.43. The smallest absolute Gasteiger partial charge is 0.407 e. The molecule has 0 aliphatic carbocycles. The van der Waals surface area contributed by atoms with Gasteiger partial charge in [0.05, 0.1) is 43.5 Å². The molecule has 92 heavy (non-hydrogen) atoms. The molecule has 10 N–H and O–H groups in total. The van der Waals surface area contributed by atoms with Gasteiger partial charge in [-0.05, 0) is 56.4 Å². The van der Waals surface area contributed by atoms with Crippen molar-refractivity contribution in [3.8, 4) is 49.1 Å². The Balaban J connectivity index is 1.01. The first-order chi connectivity index (χ1) is 44.2. The third-order valence-corrected chi connectivity index (χ3v) is 20.4. The second-order valence-corrected chi connectivity index (χ2v) is 27.2. The lowest BCUT2D eigenvalue weighted by molar-refractivity contribution is -0.134. The van der Waals surface area contributed by atoms with Gasteiger partial charge in [-0.3, -0.25) is 28.8 Å². The van der Waals surface area contributed by atoms with Gasteiger partial charge in [-0.15, -0.1) is 68.0 Å². The van der Waals surface area contributed by atoms with Crippen molar-refractivity contribution in [2.45, 2.75) is 63.1 Å². The molecule has 9 aromatic rings. The van der Waals surface area contributed by atoms with E-state index in [1.54, 1.807) is 72.3 Å². The molecule has 26 nitrogen and oxygen atoms in total. The summed E-state index contributed by atoms with van der Waals surface area (Å²) in [5.74, 6) is -4.89. The number of alkyl carbamates (subject to hydrolysis) is 1. The molecule has 7 amide bonds. The predicted molar refractivity (Wildman–Crippen MR) is 346 cm³/mol. The number of carbonyl (C=O) groups excluding carboxylic acids is 7. The number of nitrogens with zero attached hydrogens (tertiary/aromatic N) is 9. The fourth-order valence-electron chi connectivity index (χ4n) is 10.2. The molecule has 0 spiro atoms. The number of carbonyl (C=O) groups is 7. The molecule has 7 aromatic heterocycles. The number of hydrogen-bond acceptors (Lipinski definition) is 25. The summed E-state index contributed by atoms with van der Waals surface area (Å²) < 4.78 is 11.9. The van der Waals surface area contributed by atoms with Crippen molar-refractivity contribution in [3.05, 3.63) is 147 Å². The SMILES string of the molecule is Cc1sc2nc1C(=O)N[C@@H]([C@H](OC(=O)NCCOCCN(C)C)c1ccccc1)c1nc(cs1)C(=O)N[C@@H](Cc1ccc(O)cc1)C(=O)N1C[C@H](O)[C@H](C)[C@H]1c1nc(cs1)-c1nc(cs1)-c1nc(-c3nc(C(N)=O)cs3)ccc1-c1nc(cs1)C(=O)N[C@H]2CC(N)=O. The van der Waals surface area contributed by atoms with Gasteiger partial charge < -0.3 is 62.2 Å². The largest absolute Gasteiger partial charge is 0.508 e. The number of amides is 7. The number of rotatable bonds is 15. The van der Waals surface area contributed by atoms with Crippen LogP contribution in [0, 0.1) is 12.8 Å². The fraction of sp³-hybridized carbons (Fsp3) is 0.300. The maximum atomic E-state index is 15.3. The number of fused-ring (bicyclic) bond motifs is 16. The Morgan fingerprint density at radius 3 is 2.11 bits per heavy atom. The van der Waals surface area contributed by atoms with E-state index >= 15 is 4.79 Å². The molecule has 2 aliphatic heterocycles. The van der Waals surface area contributed by atoms with Gasteiger partial charge in [-0.2, -0.15) is 0 Å². The number of benzene rings is 2. The number of primary amides is 2. The Morgan fingerprint density at radius 2 is 1.37 bits per heavy atom. The van der Waals surface area contributed by atoms with Crippen LogP contribution in [0.15, 0.2) is 93.6 Å². The number of hydrogen-bond donors (Lipinski definition) is 8. The zero-order valence-electron chi connectivity index (χ0n) is 49.4. The standard InChI is InChI=1S/C60H59N15O11S6/c1-28-42(77)22-75-47(28)58-71-41(27-91-58)55-67-37(23-88-55)45-33(14-15-34(64-45)54-68-38(24-89-54)49(62)79)53-69-39(25-87-53)50(80)65-35(21-43(61)78)56-73-44(29(2)92-56)52(82)72-46(48(31-8-6-5-7-9-31)86-60(84)63-16-18-85-19-17-74(3)4)57-70-40(26-90-57)51(81)66-36(59(75)83)20-30-10-12-32(76)13-11-30/h5-15,23-28,35-36,42,46-48,76-77H,16-22H2,1-4H3,(H2,61,78)(H2,62,79)(H,63,84)(H,65,80)(H,66,81)(H,72,82)/t28-,35-,36-,42-,46-,47-,48+/m0/s1. The zero-order valence-corrected chi connectivity index (χ0v) is 54.3. The molecule has 7 atom stereocenters. The second-order valence-electron chi connectivity index (χ2n) is 21.7. The summed E-state index contributed by atoms with van der Waals surface area (Å²) in [5.41, 5.74) is 14.1. The molecule has 1 saturated heterocycles. The van der Waals surface area contributed by atoms with Crippen LogP contribution in [0.3, 0.4) is 0 Å². The van der Waals surface area contributed by atoms with Gasteiger partial charge in [0, 0.05) is 69.3 Å². The van der Waals surface area contributed by atoms with Crippen molar-refractivity contribution in [1.82, 2.24) is 66.0 Å². The number of nitrogens with one attached hydrogen (secondary N) is 4. The minimum atomic E-state index is -1.34.